The molecule has 7 nitrogen and oxygen atoms in total. The third-order valence-electron chi connectivity index (χ3n) is 6.56. The Hall–Kier alpha value is -3.28. The van der Waals surface area contributed by atoms with Crippen LogP contribution in [0.2, 0.25) is 10.0 Å². The molecule has 3 aromatic rings. The van der Waals surface area contributed by atoms with Crippen molar-refractivity contribution in [3.8, 4) is 0 Å². The van der Waals surface area contributed by atoms with Crippen LogP contribution in [0.1, 0.15) is 38.3 Å². The minimum absolute atomic E-state index is 0.135. The Kier molecular flexibility index (Phi) is 10.9. The molecule has 3 aromatic carbocycles. The average Bonchev–Trinajstić information content (AvgIpc) is 2.94. The number of anilines is 1. The zero-order chi connectivity index (χ0) is 31.2. The smallest absolute Gasteiger partial charge is 0.352 e. The van der Waals surface area contributed by atoms with Crippen molar-refractivity contribution in [1.82, 2.24) is 10.2 Å². The van der Waals surface area contributed by atoms with Crippen LogP contribution in [-0.2, 0) is 32.3 Å². The summed E-state index contributed by atoms with van der Waals surface area (Å²) in [5, 5.41) is 2.85. The van der Waals surface area contributed by atoms with Crippen LogP contribution in [0.15, 0.2) is 77.7 Å². The van der Waals surface area contributed by atoms with E-state index < -0.39 is 51.9 Å². The van der Waals surface area contributed by atoms with Gasteiger partial charge in [0.05, 0.1) is 21.2 Å². The number of hydrogen-bond acceptors (Lipinski definition) is 4. The first-order valence-electron chi connectivity index (χ1n) is 12.9. The second-order valence-corrected chi connectivity index (χ2v) is 12.3. The van der Waals surface area contributed by atoms with Crippen LogP contribution in [0.5, 0.6) is 0 Å². The average molecular weight is 645 g/mol. The molecular weight excluding hydrogens is 614 g/mol. The van der Waals surface area contributed by atoms with Crippen molar-refractivity contribution in [2.75, 3.05) is 10.8 Å². The minimum atomic E-state index is -4.81. The van der Waals surface area contributed by atoms with Gasteiger partial charge in [0.2, 0.25) is 11.8 Å². The van der Waals surface area contributed by atoms with Crippen molar-refractivity contribution >= 4 is 50.7 Å². The highest BCUT2D eigenvalue weighted by atomic mass is 35.5. The second-order valence-electron chi connectivity index (χ2n) is 9.63. The number of hydrogen-bond donors (Lipinski definition) is 1. The van der Waals surface area contributed by atoms with Gasteiger partial charge in [-0.2, -0.15) is 13.2 Å². The largest absolute Gasteiger partial charge is 0.416 e. The first-order chi connectivity index (χ1) is 19.6. The molecule has 0 spiro atoms. The highest BCUT2D eigenvalue weighted by Crippen LogP contribution is 2.37. The monoisotopic (exact) mass is 643 g/mol. The Bertz CT molecular complexity index is 1520. The van der Waals surface area contributed by atoms with E-state index in [-0.39, 0.29) is 22.5 Å². The molecule has 1 N–H and O–H groups in total. The van der Waals surface area contributed by atoms with Gasteiger partial charge in [0.25, 0.3) is 10.0 Å². The van der Waals surface area contributed by atoms with Gasteiger partial charge in [-0.3, -0.25) is 13.9 Å². The molecule has 2 amide bonds. The number of carbonyl (C=O) groups is 2. The van der Waals surface area contributed by atoms with Crippen molar-refractivity contribution in [1.29, 1.82) is 0 Å². The molecule has 2 atom stereocenters. The summed E-state index contributed by atoms with van der Waals surface area (Å²) in [6.45, 7) is 4.06. The quantitative estimate of drug-likeness (QED) is 0.257. The Morgan fingerprint density at radius 1 is 0.952 bits per heavy atom. The van der Waals surface area contributed by atoms with Gasteiger partial charge in [0, 0.05) is 17.6 Å². The SMILES string of the molecule is CC[C@H](C)NC(=O)[C@H](C)N(Cc1cccc(Cl)c1)C(=O)CN(c1cc(C(F)(F)F)ccc1Cl)S(=O)(=O)c1ccccc1. The zero-order valence-electron chi connectivity index (χ0n) is 23.0. The molecule has 0 saturated heterocycles. The fourth-order valence-electron chi connectivity index (χ4n) is 3.99. The number of benzene rings is 3. The van der Waals surface area contributed by atoms with Crippen LogP contribution in [0.4, 0.5) is 18.9 Å². The highest BCUT2D eigenvalue weighted by molar-refractivity contribution is 7.92. The molecule has 0 aliphatic heterocycles. The maximum Gasteiger partial charge on any atom is 0.416 e. The van der Waals surface area contributed by atoms with E-state index in [9.17, 15) is 31.2 Å². The Morgan fingerprint density at radius 3 is 2.21 bits per heavy atom. The maximum atomic E-state index is 13.9. The Balaban J connectivity index is 2.12. The zero-order valence-corrected chi connectivity index (χ0v) is 25.4. The van der Waals surface area contributed by atoms with Crippen LogP contribution in [0, 0.1) is 0 Å². The van der Waals surface area contributed by atoms with Crippen molar-refractivity contribution < 1.29 is 31.2 Å². The van der Waals surface area contributed by atoms with Crippen LogP contribution in [-0.4, -0.2) is 43.8 Å². The number of carbonyl (C=O) groups excluding carboxylic acids is 2. The number of nitrogens with zero attached hydrogens (tertiary/aromatic N) is 2. The van der Waals surface area contributed by atoms with Crippen LogP contribution in [0.25, 0.3) is 0 Å². The van der Waals surface area contributed by atoms with Crippen LogP contribution >= 0.6 is 23.2 Å². The van der Waals surface area contributed by atoms with E-state index in [0.717, 1.165) is 11.0 Å². The summed E-state index contributed by atoms with van der Waals surface area (Å²) in [6.07, 6.45) is -4.19. The van der Waals surface area contributed by atoms with E-state index in [1.54, 1.807) is 37.3 Å². The van der Waals surface area contributed by atoms with Gasteiger partial charge < -0.3 is 10.2 Å². The predicted octanol–water partition coefficient (Wildman–Crippen LogP) is 6.54. The summed E-state index contributed by atoms with van der Waals surface area (Å²) in [5.74, 6) is -1.34. The van der Waals surface area contributed by atoms with Crippen LogP contribution in [0.3, 0.4) is 0 Å². The van der Waals surface area contributed by atoms with E-state index in [2.05, 4.69) is 5.32 Å². The first kappa shape index (κ1) is 33.2. The third kappa shape index (κ3) is 8.17. The molecule has 0 aliphatic rings. The van der Waals surface area contributed by atoms with E-state index >= 15 is 0 Å². The normalized spacial score (nSPS) is 13.2. The minimum Gasteiger partial charge on any atom is -0.352 e. The summed E-state index contributed by atoms with van der Waals surface area (Å²) in [7, 11) is -4.60. The molecule has 0 aromatic heterocycles. The van der Waals surface area contributed by atoms with Gasteiger partial charge >= 0.3 is 6.18 Å². The van der Waals surface area contributed by atoms with Crippen LogP contribution < -0.4 is 9.62 Å². The molecule has 13 heteroatoms. The maximum absolute atomic E-state index is 13.9. The molecule has 3 rings (SSSR count). The molecule has 0 radical (unpaired) electrons. The summed E-state index contributed by atoms with van der Waals surface area (Å²) in [6, 6.07) is 14.4. The van der Waals surface area contributed by atoms with Crippen molar-refractivity contribution in [3.63, 3.8) is 0 Å². The van der Waals surface area contributed by atoms with E-state index in [1.807, 2.05) is 6.92 Å². The number of halogens is 5. The van der Waals surface area contributed by atoms with E-state index in [4.69, 9.17) is 23.2 Å². The molecule has 0 heterocycles. The molecule has 0 unspecified atom stereocenters. The van der Waals surface area contributed by atoms with Gasteiger partial charge in [-0.15, -0.1) is 0 Å². The van der Waals surface area contributed by atoms with E-state index in [1.165, 1.54) is 31.2 Å². The number of rotatable bonds is 11. The summed E-state index contributed by atoms with van der Waals surface area (Å²) >= 11 is 12.4. The molecule has 0 aliphatic carbocycles. The first-order valence-corrected chi connectivity index (χ1v) is 15.1. The summed E-state index contributed by atoms with van der Waals surface area (Å²) in [5.41, 5.74) is -1.14. The van der Waals surface area contributed by atoms with Gasteiger partial charge in [-0.05, 0) is 68.3 Å². The lowest BCUT2D eigenvalue weighted by molar-refractivity contribution is -0.139. The Morgan fingerprint density at radius 2 is 1.62 bits per heavy atom. The number of amides is 2. The van der Waals surface area contributed by atoms with Gasteiger partial charge in [0.1, 0.15) is 12.6 Å². The number of alkyl halides is 3. The second kappa shape index (κ2) is 13.8. The van der Waals surface area contributed by atoms with E-state index in [0.29, 0.717) is 33.4 Å². The summed E-state index contributed by atoms with van der Waals surface area (Å²) in [4.78, 5) is 27.9. The van der Waals surface area contributed by atoms with Gasteiger partial charge in [-0.25, -0.2) is 8.42 Å². The Labute approximate surface area is 253 Å². The fourth-order valence-corrected chi connectivity index (χ4v) is 5.92. The molecule has 0 saturated carbocycles. The molecular formula is C29H30Cl2F3N3O4S. The standard InChI is InChI=1S/C29H30Cl2F3N3O4S/c1-4-19(2)35-28(39)20(3)36(17-21-9-8-10-23(30)15-21)27(38)18-37(42(40,41)24-11-6-5-7-12-24)26-16-22(29(32,33)34)13-14-25(26)31/h5-16,19-20H,4,17-18H2,1-3H3,(H,35,39)/t19-,20-/m0/s1. The number of sulfonamides is 1. The van der Waals surface area contributed by atoms with Crippen molar-refractivity contribution in [2.24, 2.45) is 0 Å². The van der Waals surface area contributed by atoms with Crippen molar-refractivity contribution in [3.05, 3.63) is 94.0 Å². The molecule has 0 bridgehead atoms. The number of nitrogens with one attached hydrogen (secondary N) is 1. The summed E-state index contributed by atoms with van der Waals surface area (Å²) < 4.78 is 69.1. The topological polar surface area (TPSA) is 86.8 Å². The molecule has 0 fully saturated rings. The third-order valence-corrected chi connectivity index (χ3v) is 8.89. The predicted molar refractivity (Wildman–Crippen MR) is 157 cm³/mol. The lowest BCUT2D eigenvalue weighted by Crippen LogP contribution is -2.52. The molecule has 226 valence electrons. The lowest BCUT2D eigenvalue weighted by Gasteiger charge is -2.33. The van der Waals surface area contributed by atoms with Gasteiger partial charge in [0.15, 0.2) is 0 Å². The molecule has 42 heavy (non-hydrogen) atoms. The fraction of sp³-hybridized carbons (Fsp3) is 0.310. The lowest BCUT2D eigenvalue weighted by atomic mass is 10.1. The van der Waals surface area contributed by atoms with Gasteiger partial charge in [-0.1, -0.05) is 60.5 Å². The van der Waals surface area contributed by atoms with Crippen molar-refractivity contribution in [2.45, 2.75) is 56.9 Å². The highest BCUT2D eigenvalue weighted by Gasteiger charge is 2.36.